The summed E-state index contributed by atoms with van der Waals surface area (Å²) >= 11 is 2.07. The van der Waals surface area contributed by atoms with Crippen molar-refractivity contribution >= 4 is 34.0 Å². The lowest BCUT2D eigenvalue weighted by Gasteiger charge is -2.29. The van der Waals surface area contributed by atoms with Gasteiger partial charge in [0.1, 0.15) is 0 Å². The summed E-state index contributed by atoms with van der Waals surface area (Å²) in [7, 11) is 0. The molecule has 4 nitrogen and oxygen atoms in total. The molecule has 1 heterocycles. The highest BCUT2D eigenvalue weighted by Crippen LogP contribution is 2.31. The molecule has 98 valence electrons. The molecule has 1 aromatic carbocycles. The fraction of sp³-hybridized carbons (Fsp3) is 0.500. The Morgan fingerprint density at radius 2 is 2.00 bits per heavy atom. The number of piperidine rings is 1. The first-order valence-electron chi connectivity index (χ1n) is 5.91. The quantitative estimate of drug-likeness (QED) is 0.356. The predicted octanol–water partition coefficient (Wildman–Crippen LogP) is 3.66. The zero-order valence-corrected chi connectivity index (χ0v) is 12.0. The Labute approximate surface area is 118 Å². The molecule has 0 radical (unpaired) electrons. The van der Waals surface area contributed by atoms with Crippen LogP contribution in [0.25, 0.3) is 0 Å². The van der Waals surface area contributed by atoms with E-state index in [-0.39, 0.29) is 5.69 Å². The number of halogens is 2. The third-order valence-electron chi connectivity index (χ3n) is 3.19. The largest absolute Gasteiger partial charge is 0.369 e. The standard InChI is InChI=1S/C12H14FIN2O2/c13-10-7-11(16(17)18)9(8-14)6-12(10)15-4-2-1-3-5-15/h6-7H,1-5,8H2. The van der Waals surface area contributed by atoms with Crippen LogP contribution in [0.4, 0.5) is 15.8 Å². The first kappa shape index (κ1) is 13.5. The lowest BCUT2D eigenvalue weighted by Crippen LogP contribution is -2.30. The van der Waals surface area contributed by atoms with Crippen molar-refractivity contribution in [1.29, 1.82) is 0 Å². The minimum atomic E-state index is -0.517. The lowest BCUT2D eigenvalue weighted by molar-refractivity contribution is -0.385. The van der Waals surface area contributed by atoms with Gasteiger partial charge in [-0.25, -0.2) is 4.39 Å². The third kappa shape index (κ3) is 2.73. The van der Waals surface area contributed by atoms with E-state index >= 15 is 0 Å². The van der Waals surface area contributed by atoms with E-state index in [0.29, 0.717) is 15.7 Å². The van der Waals surface area contributed by atoms with Crippen molar-refractivity contribution in [2.75, 3.05) is 18.0 Å². The summed E-state index contributed by atoms with van der Waals surface area (Å²) in [6.45, 7) is 1.66. The number of benzene rings is 1. The van der Waals surface area contributed by atoms with Crippen molar-refractivity contribution in [3.05, 3.63) is 33.6 Å². The molecule has 1 fully saturated rings. The topological polar surface area (TPSA) is 46.4 Å². The molecule has 1 saturated heterocycles. The van der Waals surface area contributed by atoms with Crippen molar-refractivity contribution < 1.29 is 9.31 Å². The highest BCUT2D eigenvalue weighted by atomic mass is 127. The highest BCUT2D eigenvalue weighted by molar-refractivity contribution is 14.1. The van der Waals surface area contributed by atoms with Crippen LogP contribution in [-0.4, -0.2) is 18.0 Å². The van der Waals surface area contributed by atoms with Crippen molar-refractivity contribution in [3.63, 3.8) is 0 Å². The van der Waals surface area contributed by atoms with Crippen LogP contribution in [0.3, 0.4) is 0 Å². The van der Waals surface area contributed by atoms with Gasteiger partial charge in [0.25, 0.3) is 5.69 Å². The molecular weight excluding hydrogens is 350 g/mol. The molecule has 2 rings (SSSR count). The summed E-state index contributed by atoms with van der Waals surface area (Å²) in [5.41, 5.74) is 0.970. The van der Waals surface area contributed by atoms with Crippen LogP contribution in [0.15, 0.2) is 12.1 Å². The molecule has 6 heteroatoms. The van der Waals surface area contributed by atoms with E-state index in [1.165, 1.54) is 6.42 Å². The average molecular weight is 364 g/mol. The van der Waals surface area contributed by atoms with E-state index in [9.17, 15) is 14.5 Å². The summed E-state index contributed by atoms with van der Waals surface area (Å²) in [4.78, 5) is 12.3. The fourth-order valence-corrected chi connectivity index (χ4v) is 2.86. The molecule has 0 spiro atoms. The van der Waals surface area contributed by atoms with Gasteiger partial charge in [0, 0.05) is 23.1 Å². The van der Waals surface area contributed by atoms with Gasteiger partial charge in [0.2, 0.25) is 0 Å². The van der Waals surface area contributed by atoms with Crippen LogP contribution in [0.2, 0.25) is 0 Å². The monoisotopic (exact) mass is 364 g/mol. The Bertz CT molecular complexity index is 462. The normalized spacial score (nSPS) is 15.8. The number of alkyl halides is 1. The summed E-state index contributed by atoms with van der Waals surface area (Å²) < 4.78 is 14.5. The molecule has 0 N–H and O–H groups in total. The van der Waals surface area contributed by atoms with Crippen molar-refractivity contribution in [1.82, 2.24) is 0 Å². The molecule has 0 atom stereocenters. The van der Waals surface area contributed by atoms with Crippen molar-refractivity contribution in [3.8, 4) is 0 Å². The smallest absolute Gasteiger partial charge is 0.276 e. The van der Waals surface area contributed by atoms with Gasteiger partial charge < -0.3 is 4.90 Å². The minimum absolute atomic E-state index is 0.123. The molecule has 0 unspecified atom stereocenters. The van der Waals surface area contributed by atoms with Gasteiger partial charge in [-0.3, -0.25) is 10.1 Å². The van der Waals surface area contributed by atoms with E-state index in [0.717, 1.165) is 32.0 Å². The second-order valence-corrected chi connectivity index (χ2v) is 5.13. The minimum Gasteiger partial charge on any atom is -0.369 e. The second kappa shape index (κ2) is 5.81. The molecule has 0 bridgehead atoms. The maximum Gasteiger partial charge on any atom is 0.276 e. The van der Waals surface area contributed by atoms with Crippen molar-refractivity contribution in [2.45, 2.75) is 23.7 Å². The Kier molecular flexibility index (Phi) is 4.36. The molecule has 0 aromatic heterocycles. The van der Waals surface area contributed by atoms with Crippen molar-refractivity contribution in [2.24, 2.45) is 0 Å². The van der Waals surface area contributed by atoms with E-state index in [2.05, 4.69) is 22.6 Å². The number of nitrogens with zero attached hydrogens (tertiary/aromatic N) is 2. The average Bonchev–Trinajstić information content (AvgIpc) is 2.39. The Morgan fingerprint density at radius 3 is 2.56 bits per heavy atom. The number of anilines is 1. The van der Waals surface area contributed by atoms with Gasteiger partial charge in [0.15, 0.2) is 5.82 Å². The molecule has 1 aromatic rings. The summed E-state index contributed by atoms with van der Waals surface area (Å²) in [6.07, 6.45) is 3.27. The number of nitro benzene ring substituents is 1. The van der Waals surface area contributed by atoms with Gasteiger partial charge in [-0.2, -0.15) is 0 Å². The molecule has 0 aliphatic carbocycles. The van der Waals surface area contributed by atoms with Gasteiger partial charge in [-0.05, 0) is 25.3 Å². The fourth-order valence-electron chi connectivity index (χ4n) is 2.25. The van der Waals surface area contributed by atoms with Gasteiger partial charge in [-0.15, -0.1) is 0 Å². The Morgan fingerprint density at radius 1 is 1.33 bits per heavy atom. The zero-order valence-electron chi connectivity index (χ0n) is 9.86. The lowest BCUT2D eigenvalue weighted by atomic mass is 10.1. The summed E-state index contributed by atoms with van der Waals surface area (Å²) in [6, 6.07) is 2.68. The summed E-state index contributed by atoms with van der Waals surface area (Å²) in [5.74, 6) is -0.489. The van der Waals surface area contributed by atoms with Gasteiger partial charge >= 0.3 is 0 Å². The van der Waals surface area contributed by atoms with Crippen LogP contribution in [0.1, 0.15) is 24.8 Å². The number of rotatable bonds is 3. The maximum atomic E-state index is 14.0. The Hall–Kier alpha value is -0.920. The number of nitro groups is 1. The van der Waals surface area contributed by atoms with Crippen LogP contribution in [0, 0.1) is 15.9 Å². The summed E-state index contributed by atoms with van der Waals surface area (Å²) in [5, 5.41) is 10.8. The number of hydrogen-bond acceptors (Lipinski definition) is 3. The predicted molar refractivity (Wildman–Crippen MR) is 76.8 cm³/mol. The second-order valence-electron chi connectivity index (χ2n) is 4.37. The molecule has 1 aliphatic heterocycles. The molecule has 18 heavy (non-hydrogen) atoms. The first-order chi connectivity index (χ1) is 8.63. The van der Waals surface area contributed by atoms with E-state index < -0.39 is 10.7 Å². The van der Waals surface area contributed by atoms with Crippen LogP contribution >= 0.6 is 22.6 Å². The van der Waals surface area contributed by atoms with Crippen LogP contribution in [0.5, 0.6) is 0 Å². The van der Waals surface area contributed by atoms with Gasteiger partial charge in [0.05, 0.1) is 16.7 Å². The third-order valence-corrected chi connectivity index (χ3v) is 4.01. The molecule has 0 saturated carbocycles. The van der Waals surface area contributed by atoms with Crippen LogP contribution < -0.4 is 4.90 Å². The SMILES string of the molecule is O=[N+]([O-])c1cc(F)c(N2CCCCC2)cc1CI. The van der Waals surface area contributed by atoms with E-state index in [4.69, 9.17) is 0 Å². The molecule has 0 amide bonds. The van der Waals surface area contributed by atoms with E-state index in [1.807, 2.05) is 4.90 Å². The maximum absolute atomic E-state index is 14.0. The molecule has 1 aliphatic rings. The zero-order chi connectivity index (χ0) is 13.1. The van der Waals surface area contributed by atoms with E-state index in [1.54, 1.807) is 6.07 Å². The number of hydrogen-bond donors (Lipinski definition) is 0. The first-order valence-corrected chi connectivity index (χ1v) is 7.43. The molecular formula is C12H14FIN2O2. The van der Waals surface area contributed by atoms with Crippen LogP contribution in [-0.2, 0) is 4.43 Å². The van der Waals surface area contributed by atoms with Gasteiger partial charge in [-0.1, -0.05) is 22.6 Å². The highest BCUT2D eigenvalue weighted by Gasteiger charge is 2.21. The Balaban J connectivity index is 2.39.